The van der Waals surface area contributed by atoms with Crippen molar-refractivity contribution in [3.05, 3.63) is 17.5 Å². The zero-order valence-corrected chi connectivity index (χ0v) is 6.43. The van der Waals surface area contributed by atoms with Gasteiger partial charge >= 0.3 is 0 Å². The summed E-state index contributed by atoms with van der Waals surface area (Å²) in [7, 11) is 1.75. The van der Waals surface area contributed by atoms with Crippen LogP contribution in [0.3, 0.4) is 0 Å². The first kappa shape index (κ1) is 7.25. The van der Waals surface area contributed by atoms with E-state index in [1.54, 1.807) is 17.9 Å². The van der Waals surface area contributed by atoms with Crippen LogP contribution in [-0.2, 0) is 7.05 Å². The van der Waals surface area contributed by atoms with Gasteiger partial charge in [0.25, 0.3) is 0 Å². The number of hydrogen-bond acceptors (Lipinski definition) is 1. The van der Waals surface area contributed by atoms with E-state index < -0.39 is 6.17 Å². The number of aromatic nitrogens is 2. The zero-order chi connectivity index (χ0) is 7.72. The second-order valence-electron chi connectivity index (χ2n) is 2.45. The maximum Gasteiger partial charge on any atom is 0.139 e. The van der Waals surface area contributed by atoms with E-state index in [-0.39, 0.29) is 0 Å². The van der Waals surface area contributed by atoms with E-state index in [9.17, 15) is 4.39 Å². The third-order valence-electron chi connectivity index (χ3n) is 1.55. The molecular formula is C7H11FN2. The summed E-state index contributed by atoms with van der Waals surface area (Å²) in [5.41, 5.74) is 1.58. The third kappa shape index (κ3) is 1.03. The lowest BCUT2D eigenvalue weighted by Gasteiger charge is -2.02. The molecule has 2 nitrogen and oxygen atoms in total. The molecule has 0 aliphatic heterocycles. The van der Waals surface area contributed by atoms with Crippen molar-refractivity contribution in [3.63, 3.8) is 0 Å². The number of rotatable bonds is 1. The normalized spacial score (nSPS) is 13.6. The summed E-state index contributed by atoms with van der Waals surface area (Å²) in [6.07, 6.45) is 0.748. The Hall–Kier alpha value is -0.860. The van der Waals surface area contributed by atoms with Crippen molar-refractivity contribution in [1.29, 1.82) is 0 Å². The first-order valence-electron chi connectivity index (χ1n) is 3.25. The molecule has 1 aromatic rings. The Bertz CT molecular complexity index is 208. The van der Waals surface area contributed by atoms with Crippen molar-refractivity contribution in [2.24, 2.45) is 7.05 Å². The molecule has 0 bridgehead atoms. The Morgan fingerprint density at radius 3 is 2.50 bits per heavy atom. The highest BCUT2D eigenvalue weighted by atomic mass is 19.1. The highest BCUT2D eigenvalue weighted by Crippen LogP contribution is 2.18. The van der Waals surface area contributed by atoms with Gasteiger partial charge in [0.15, 0.2) is 0 Å². The largest absolute Gasteiger partial charge is 0.269 e. The highest BCUT2D eigenvalue weighted by Gasteiger charge is 2.10. The van der Waals surface area contributed by atoms with Gasteiger partial charge in [0.05, 0.1) is 11.9 Å². The van der Waals surface area contributed by atoms with Crippen LogP contribution in [0.15, 0.2) is 6.20 Å². The molecule has 1 heterocycles. The smallest absolute Gasteiger partial charge is 0.139 e. The maximum atomic E-state index is 12.7. The molecule has 0 aromatic carbocycles. The van der Waals surface area contributed by atoms with Crippen molar-refractivity contribution in [3.8, 4) is 0 Å². The Balaban J connectivity index is 3.10. The van der Waals surface area contributed by atoms with E-state index in [1.807, 2.05) is 6.92 Å². The van der Waals surface area contributed by atoms with Gasteiger partial charge in [0, 0.05) is 7.05 Å². The van der Waals surface area contributed by atoms with Gasteiger partial charge in [0.1, 0.15) is 6.17 Å². The SMILES string of the molecule is Cc1cnn(C)c1C(C)F. The van der Waals surface area contributed by atoms with E-state index in [0.717, 1.165) is 5.56 Å². The molecule has 0 radical (unpaired) electrons. The minimum Gasteiger partial charge on any atom is -0.269 e. The Labute approximate surface area is 59.7 Å². The summed E-state index contributed by atoms with van der Waals surface area (Å²) in [6.45, 7) is 3.38. The van der Waals surface area contributed by atoms with E-state index >= 15 is 0 Å². The molecule has 0 spiro atoms. The first-order valence-corrected chi connectivity index (χ1v) is 3.25. The van der Waals surface area contributed by atoms with Gasteiger partial charge in [0.2, 0.25) is 0 Å². The summed E-state index contributed by atoms with van der Waals surface area (Å²) in [4.78, 5) is 0. The molecule has 1 rings (SSSR count). The quantitative estimate of drug-likeness (QED) is 0.584. The fourth-order valence-electron chi connectivity index (χ4n) is 1.13. The van der Waals surface area contributed by atoms with Crippen LogP contribution >= 0.6 is 0 Å². The molecule has 56 valence electrons. The van der Waals surface area contributed by atoms with E-state index in [1.165, 1.54) is 6.92 Å². The van der Waals surface area contributed by atoms with Crippen LogP contribution in [0.1, 0.15) is 24.4 Å². The second kappa shape index (κ2) is 2.40. The van der Waals surface area contributed by atoms with Crippen LogP contribution in [0, 0.1) is 6.92 Å². The molecule has 0 aliphatic rings. The van der Waals surface area contributed by atoms with Crippen molar-refractivity contribution in [1.82, 2.24) is 9.78 Å². The number of alkyl halides is 1. The fourth-order valence-corrected chi connectivity index (χ4v) is 1.13. The molecule has 0 N–H and O–H groups in total. The van der Waals surface area contributed by atoms with Gasteiger partial charge in [-0.15, -0.1) is 0 Å². The van der Waals surface area contributed by atoms with Gasteiger partial charge < -0.3 is 0 Å². The van der Waals surface area contributed by atoms with Crippen LogP contribution < -0.4 is 0 Å². The van der Waals surface area contributed by atoms with Crippen LogP contribution in [0.4, 0.5) is 4.39 Å². The van der Waals surface area contributed by atoms with Gasteiger partial charge in [-0.2, -0.15) is 5.10 Å². The number of aryl methyl sites for hydroxylation is 2. The van der Waals surface area contributed by atoms with Crippen molar-refractivity contribution in [2.75, 3.05) is 0 Å². The summed E-state index contributed by atoms with van der Waals surface area (Å²) < 4.78 is 14.3. The molecule has 1 atom stereocenters. The average Bonchev–Trinajstić information content (AvgIpc) is 2.11. The lowest BCUT2D eigenvalue weighted by atomic mass is 10.2. The molecule has 10 heavy (non-hydrogen) atoms. The summed E-state index contributed by atoms with van der Waals surface area (Å²) in [6, 6.07) is 0. The van der Waals surface area contributed by atoms with Crippen LogP contribution in [0.2, 0.25) is 0 Å². The molecule has 0 fully saturated rings. The average molecular weight is 142 g/mol. The van der Waals surface area contributed by atoms with Gasteiger partial charge in [-0.1, -0.05) is 0 Å². The number of nitrogens with zero attached hydrogens (tertiary/aromatic N) is 2. The second-order valence-corrected chi connectivity index (χ2v) is 2.45. The molecule has 0 aliphatic carbocycles. The molecule has 0 saturated heterocycles. The van der Waals surface area contributed by atoms with Crippen molar-refractivity contribution in [2.45, 2.75) is 20.0 Å². The van der Waals surface area contributed by atoms with Gasteiger partial charge in [-0.25, -0.2) is 4.39 Å². The van der Waals surface area contributed by atoms with E-state index in [0.29, 0.717) is 5.69 Å². The van der Waals surface area contributed by atoms with Gasteiger partial charge in [-0.3, -0.25) is 4.68 Å². The standard InChI is InChI=1S/C7H11FN2/c1-5-4-9-10(3)7(5)6(2)8/h4,6H,1-3H3. The molecule has 1 aromatic heterocycles. The third-order valence-corrected chi connectivity index (χ3v) is 1.55. The topological polar surface area (TPSA) is 17.8 Å². The predicted octanol–water partition coefficient (Wildman–Crippen LogP) is 1.76. The van der Waals surface area contributed by atoms with Crippen molar-refractivity contribution < 1.29 is 4.39 Å². The van der Waals surface area contributed by atoms with E-state index in [2.05, 4.69) is 5.10 Å². The molecular weight excluding hydrogens is 131 g/mol. The Morgan fingerprint density at radius 1 is 1.70 bits per heavy atom. The lowest BCUT2D eigenvalue weighted by molar-refractivity contribution is 0.352. The molecule has 0 saturated carbocycles. The van der Waals surface area contributed by atoms with Gasteiger partial charge in [-0.05, 0) is 19.4 Å². The monoisotopic (exact) mass is 142 g/mol. The van der Waals surface area contributed by atoms with Crippen molar-refractivity contribution >= 4 is 0 Å². The summed E-state index contributed by atoms with van der Waals surface area (Å²) in [5, 5.41) is 3.91. The summed E-state index contributed by atoms with van der Waals surface area (Å²) in [5.74, 6) is 0. The zero-order valence-electron chi connectivity index (χ0n) is 6.43. The number of halogens is 1. The fraction of sp³-hybridized carbons (Fsp3) is 0.571. The van der Waals surface area contributed by atoms with Crippen LogP contribution in [-0.4, -0.2) is 9.78 Å². The molecule has 3 heteroatoms. The Kier molecular flexibility index (Phi) is 1.74. The lowest BCUT2D eigenvalue weighted by Crippen LogP contribution is -1.99. The van der Waals surface area contributed by atoms with E-state index in [4.69, 9.17) is 0 Å². The minimum atomic E-state index is -0.924. The number of hydrogen-bond donors (Lipinski definition) is 0. The first-order chi connectivity index (χ1) is 4.63. The summed E-state index contributed by atoms with van der Waals surface area (Å²) >= 11 is 0. The predicted molar refractivity (Wildman–Crippen MR) is 37.5 cm³/mol. The minimum absolute atomic E-state index is 0.667. The maximum absolute atomic E-state index is 12.7. The molecule has 0 amide bonds. The van der Waals surface area contributed by atoms with Crippen LogP contribution in [0.25, 0.3) is 0 Å². The van der Waals surface area contributed by atoms with Crippen LogP contribution in [0.5, 0.6) is 0 Å². The Morgan fingerprint density at radius 2 is 2.30 bits per heavy atom. The molecule has 1 unspecified atom stereocenters. The highest BCUT2D eigenvalue weighted by molar-refractivity contribution is 5.17.